The molecule has 3 aromatic rings. The van der Waals surface area contributed by atoms with Crippen molar-refractivity contribution in [2.75, 3.05) is 7.11 Å². The van der Waals surface area contributed by atoms with Gasteiger partial charge in [-0.05, 0) is 34.5 Å². The average molecular weight is 308 g/mol. The topological polar surface area (TPSA) is 43.4 Å². The summed E-state index contributed by atoms with van der Waals surface area (Å²) in [6, 6.07) is 15.3. The van der Waals surface area contributed by atoms with Crippen molar-refractivity contribution < 1.29 is 18.7 Å². The van der Waals surface area contributed by atoms with E-state index in [1.807, 2.05) is 24.3 Å². The lowest BCUT2D eigenvalue weighted by atomic mass is 9.94. The molecule has 23 heavy (non-hydrogen) atoms. The highest BCUT2D eigenvalue weighted by Crippen LogP contribution is 2.32. The summed E-state index contributed by atoms with van der Waals surface area (Å²) in [6.07, 6.45) is 0.720. The molecule has 0 fully saturated rings. The van der Waals surface area contributed by atoms with E-state index in [0.29, 0.717) is 11.1 Å². The second-order valence-electron chi connectivity index (χ2n) is 5.07. The molecule has 114 valence electrons. The molecule has 0 atom stereocenters. The Bertz CT molecular complexity index is 916. The van der Waals surface area contributed by atoms with Crippen molar-refractivity contribution in [3.8, 4) is 11.1 Å². The molecule has 3 aromatic carbocycles. The molecule has 0 spiro atoms. The number of esters is 1. The van der Waals surface area contributed by atoms with Crippen LogP contribution < -0.4 is 0 Å². The van der Waals surface area contributed by atoms with E-state index in [9.17, 15) is 14.0 Å². The zero-order valence-electron chi connectivity index (χ0n) is 12.4. The Labute approximate surface area is 132 Å². The third-order valence-electron chi connectivity index (χ3n) is 3.71. The minimum atomic E-state index is -0.736. The molecule has 0 saturated carbocycles. The first-order chi connectivity index (χ1) is 11.2. The molecule has 4 heteroatoms. The first kappa shape index (κ1) is 14.9. The molecule has 0 aliphatic carbocycles. The second-order valence-corrected chi connectivity index (χ2v) is 5.07. The molecule has 0 bridgehead atoms. The summed E-state index contributed by atoms with van der Waals surface area (Å²) in [4.78, 5) is 22.9. The van der Waals surface area contributed by atoms with Gasteiger partial charge >= 0.3 is 5.97 Å². The summed E-state index contributed by atoms with van der Waals surface area (Å²) in [5.74, 6) is -1.40. The van der Waals surface area contributed by atoms with E-state index in [0.717, 1.165) is 17.1 Å². The molecule has 0 aliphatic rings. The van der Waals surface area contributed by atoms with Crippen LogP contribution in [0.3, 0.4) is 0 Å². The Balaban J connectivity index is 2.33. The minimum Gasteiger partial charge on any atom is -0.465 e. The Morgan fingerprint density at radius 3 is 2.57 bits per heavy atom. The molecular formula is C19H13FO3. The van der Waals surface area contributed by atoms with Crippen molar-refractivity contribution in [2.45, 2.75) is 0 Å². The first-order valence-electron chi connectivity index (χ1n) is 7.01. The predicted octanol–water partition coefficient (Wildman–Crippen LogP) is 4.25. The number of ether oxygens (including phenoxy) is 1. The maximum Gasteiger partial charge on any atom is 0.340 e. The molecule has 0 heterocycles. The number of aldehydes is 1. The summed E-state index contributed by atoms with van der Waals surface area (Å²) >= 11 is 0. The Morgan fingerprint density at radius 1 is 1.04 bits per heavy atom. The molecule has 0 saturated heterocycles. The van der Waals surface area contributed by atoms with Crippen molar-refractivity contribution in [1.82, 2.24) is 0 Å². The monoisotopic (exact) mass is 308 g/mol. The van der Waals surface area contributed by atoms with Crippen LogP contribution in [0.2, 0.25) is 0 Å². The number of methoxy groups -OCH3 is 1. The molecule has 0 aromatic heterocycles. The van der Waals surface area contributed by atoms with Gasteiger partial charge in [-0.3, -0.25) is 4.79 Å². The zero-order chi connectivity index (χ0) is 16.4. The number of halogens is 1. The maximum absolute atomic E-state index is 14.8. The van der Waals surface area contributed by atoms with E-state index in [-0.39, 0.29) is 11.1 Å². The van der Waals surface area contributed by atoms with Crippen molar-refractivity contribution >= 4 is 23.0 Å². The van der Waals surface area contributed by atoms with Crippen LogP contribution in [-0.2, 0) is 4.74 Å². The number of carbonyl (C=O) groups excluding carboxylic acids is 2. The van der Waals surface area contributed by atoms with Gasteiger partial charge in [-0.2, -0.15) is 0 Å². The van der Waals surface area contributed by atoms with Gasteiger partial charge < -0.3 is 4.74 Å². The number of hydrogen-bond acceptors (Lipinski definition) is 3. The Kier molecular flexibility index (Phi) is 3.89. The second kappa shape index (κ2) is 6.01. The van der Waals surface area contributed by atoms with E-state index < -0.39 is 11.8 Å². The highest BCUT2D eigenvalue weighted by molar-refractivity contribution is 6.01. The largest absolute Gasteiger partial charge is 0.465 e. The van der Waals surface area contributed by atoms with Crippen LogP contribution in [0, 0.1) is 5.82 Å². The lowest BCUT2D eigenvalue weighted by Crippen LogP contribution is -2.05. The van der Waals surface area contributed by atoms with Crippen molar-refractivity contribution in [1.29, 1.82) is 0 Å². The summed E-state index contributed by atoms with van der Waals surface area (Å²) in [5.41, 5.74) is 1.13. The van der Waals surface area contributed by atoms with Crippen LogP contribution in [0.5, 0.6) is 0 Å². The molecule has 0 aliphatic heterocycles. The van der Waals surface area contributed by atoms with E-state index in [4.69, 9.17) is 0 Å². The van der Waals surface area contributed by atoms with Crippen LogP contribution in [-0.4, -0.2) is 19.4 Å². The maximum atomic E-state index is 14.8. The van der Waals surface area contributed by atoms with Gasteiger partial charge in [0.15, 0.2) is 0 Å². The summed E-state index contributed by atoms with van der Waals surface area (Å²) in [5, 5.41) is 1.63. The fourth-order valence-corrected chi connectivity index (χ4v) is 2.63. The molecule has 3 nitrogen and oxygen atoms in total. The molecule has 0 amide bonds. The number of carbonyl (C=O) groups is 2. The van der Waals surface area contributed by atoms with Gasteiger partial charge in [0, 0.05) is 11.1 Å². The number of benzene rings is 3. The Hall–Kier alpha value is -3.01. The molecule has 0 N–H and O–H groups in total. The third kappa shape index (κ3) is 2.59. The highest BCUT2D eigenvalue weighted by atomic mass is 19.1. The van der Waals surface area contributed by atoms with Crippen LogP contribution in [0.4, 0.5) is 4.39 Å². The van der Waals surface area contributed by atoms with Crippen LogP contribution in [0.25, 0.3) is 21.9 Å². The van der Waals surface area contributed by atoms with E-state index in [1.54, 1.807) is 24.3 Å². The Morgan fingerprint density at radius 2 is 1.83 bits per heavy atom. The lowest BCUT2D eigenvalue weighted by Gasteiger charge is -2.11. The fraction of sp³-hybridized carbons (Fsp3) is 0.0526. The third-order valence-corrected chi connectivity index (χ3v) is 3.71. The minimum absolute atomic E-state index is 0.134. The van der Waals surface area contributed by atoms with E-state index in [1.165, 1.54) is 13.2 Å². The van der Waals surface area contributed by atoms with Crippen molar-refractivity contribution in [2.24, 2.45) is 0 Å². The highest BCUT2D eigenvalue weighted by Gasteiger charge is 2.18. The van der Waals surface area contributed by atoms with Gasteiger partial charge in [-0.25, -0.2) is 9.18 Å². The lowest BCUT2D eigenvalue weighted by molar-refractivity contribution is 0.0595. The molecule has 0 radical (unpaired) electrons. The smallest absolute Gasteiger partial charge is 0.340 e. The quantitative estimate of drug-likeness (QED) is 0.537. The van der Waals surface area contributed by atoms with Gasteiger partial charge in [-0.1, -0.05) is 36.4 Å². The summed E-state index contributed by atoms with van der Waals surface area (Å²) < 4.78 is 19.4. The number of hydrogen-bond donors (Lipinski definition) is 0. The van der Waals surface area contributed by atoms with Crippen LogP contribution in [0.15, 0.2) is 54.6 Å². The SMILES string of the molecule is COC(=O)c1cccc(-c2cc(C=O)cc3ccccc23)c1F. The standard InChI is InChI=1S/C19H13FO3/c1-23-19(22)16-8-4-7-15(18(16)20)17-10-12(11-21)9-13-5-2-3-6-14(13)17/h2-11H,1H3. The van der Waals surface area contributed by atoms with Gasteiger partial charge in [-0.15, -0.1) is 0 Å². The van der Waals surface area contributed by atoms with Crippen molar-refractivity contribution in [3.05, 3.63) is 71.5 Å². The first-order valence-corrected chi connectivity index (χ1v) is 7.01. The van der Waals surface area contributed by atoms with Crippen molar-refractivity contribution in [3.63, 3.8) is 0 Å². The molecule has 3 rings (SSSR count). The zero-order valence-corrected chi connectivity index (χ0v) is 12.4. The van der Waals surface area contributed by atoms with E-state index in [2.05, 4.69) is 4.74 Å². The number of rotatable bonds is 3. The van der Waals surface area contributed by atoms with E-state index >= 15 is 0 Å². The average Bonchev–Trinajstić information content (AvgIpc) is 2.60. The molecular weight excluding hydrogens is 295 g/mol. The van der Waals surface area contributed by atoms with Gasteiger partial charge in [0.05, 0.1) is 12.7 Å². The normalized spacial score (nSPS) is 10.5. The number of fused-ring (bicyclic) bond motifs is 1. The molecule has 0 unspecified atom stereocenters. The van der Waals surface area contributed by atoms with Gasteiger partial charge in [0.25, 0.3) is 0 Å². The van der Waals surface area contributed by atoms with Gasteiger partial charge in [0.1, 0.15) is 12.1 Å². The summed E-state index contributed by atoms with van der Waals surface area (Å²) in [7, 11) is 1.21. The fourth-order valence-electron chi connectivity index (χ4n) is 2.63. The van der Waals surface area contributed by atoms with Crippen LogP contribution >= 0.6 is 0 Å². The predicted molar refractivity (Wildman–Crippen MR) is 86.1 cm³/mol. The van der Waals surface area contributed by atoms with Crippen LogP contribution in [0.1, 0.15) is 20.7 Å². The summed E-state index contributed by atoms with van der Waals surface area (Å²) in [6.45, 7) is 0. The van der Waals surface area contributed by atoms with Gasteiger partial charge in [0.2, 0.25) is 0 Å².